The molecule has 1 aromatic carbocycles. The van der Waals surface area contributed by atoms with E-state index in [1.807, 2.05) is 16.7 Å². The van der Waals surface area contributed by atoms with Crippen molar-refractivity contribution in [2.24, 2.45) is 0 Å². The van der Waals surface area contributed by atoms with E-state index in [4.69, 9.17) is 0 Å². The standard InChI is InChI=1S/C16H24N2OS/c1-12(11-20-3)17-13(2)14-6-8-15(9-7-14)18-10-4-5-16(18)19/h6-9,12-13,17H,4-5,10-11H2,1-3H3/t12-,13-/m0/s1. The summed E-state index contributed by atoms with van der Waals surface area (Å²) in [4.78, 5) is 13.6. The molecule has 1 N–H and O–H groups in total. The summed E-state index contributed by atoms with van der Waals surface area (Å²) in [6.45, 7) is 5.26. The van der Waals surface area contributed by atoms with Gasteiger partial charge in [-0.3, -0.25) is 4.79 Å². The molecule has 0 unspecified atom stereocenters. The van der Waals surface area contributed by atoms with Crippen molar-refractivity contribution in [3.05, 3.63) is 29.8 Å². The summed E-state index contributed by atoms with van der Waals surface area (Å²) in [5.41, 5.74) is 2.30. The molecule has 1 aromatic rings. The molecule has 4 heteroatoms. The second-order valence-electron chi connectivity index (χ2n) is 5.49. The zero-order chi connectivity index (χ0) is 14.5. The molecule has 2 rings (SSSR count). The van der Waals surface area contributed by atoms with E-state index in [2.05, 4.69) is 49.7 Å². The minimum atomic E-state index is 0.248. The highest BCUT2D eigenvalue weighted by atomic mass is 32.2. The first-order valence-corrected chi connectivity index (χ1v) is 8.66. The van der Waals surface area contributed by atoms with E-state index in [0.717, 1.165) is 24.4 Å². The van der Waals surface area contributed by atoms with Crippen LogP contribution in [0.25, 0.3) is 0 Å². The van der Waals surface area contributed by atoms with Gasteiger partial charge >= 0.3 is 0 Å². The Balaban J connectivity index is 1.98. The van der Waals surface area contributed by atoms with Crippen LogP contribution in [0, 0.1) is 0 Å². The number of carbonyl (C=O) groups is 1. The summed E-state index contributed by atoms with van der Waals surface area (Å²) in [6.07, 6.45) is 3.79. The fraction of sp³-hybridized carbons (Fsp3) is 0.562. The van der Waals surface area contributed by atoms with E-state index in [9.17, 15) is 4.79 Å². The summed E-state index contributed by atoms with van der Waals surface area (Å²) in [5.74, 6) is 1.36. The smallest absolute Gasteiger partial charge is 0.227 e. The number of benzene rings is 1. The van der Waals surface area contributed by atoms with Gasteiger partial charge < -0.3 is 10.2 Å². The molecule has 1 amide bonds. The van der Waals surface area contributed by atoms with Gasteiger partial charge in [0.15, 0.2) is 0 Å². The van der Waals surface area contributed by atoms with Crippen molar-refractivity contribution in [2.45, 2.75) is 38.8 Å². The molecule has 2 atom stereocenters. The number of carbonyl (C=O) groups excluding carboxylic acids is 1. The number of amides is 1. The Morgan fingerprint density at radius 3 is 2.55 bits per heavy atom. The molecule has 1 saturated heterocycles. The monoisotopic (exact) mass is 292 g/mol. The number of hydrogen-bond acceptors (Lipinski definition) is 3. The minimum absolute atomic E-state index is 0.248. The van der Waals surface area contributed by atoms with Crippen LogP contribution < -0.4 is 10.2 Å². The Kier molecular flexibility index (Phi) is 5.49. The summed E-state index contributed by atoms with van der Waals surface area (Å²) in [6, 6.07) is 9.22. The van der Waals surface area contributed by atoms with Gasteiger partial charge in [-0.05, 0) is 44.2 Å². The van der Waals surface area contributed by atoms with Gasteiger partial charge in [0.1, 0.15) is 0 Å². The molecule has 0 saturated carbocycles. The van der Waals surface area contributed by atoms with Crippen molar-refractivity contribution in [1.29, 1.82) is 0 Å². The van der Waals surface area contributed by atoms with Gasteiger partial charge in [-0.2, -0.15) is 11.8 Å². The predicted octanol–water partition coefficient (Wildman–Crippen LogP) is 3.22. The van der Waals surface area contributed by atoms with E-state index < -0.39 is 0 Å². The second-order valence-corrected chi connectivity index (χ2v) is 6.40. The zero-order valence-corrected chi connectivity index (χ0v) is 13.4. The molecule has 0 aromatic heterocycles. The summed E-state index contributed by atoms with van der Waals surface area (Å²) in [5, 5.41) is 3.59. The molecule has 20 heavy (non-hydrogen) atoms. The van der Waals surface area contributed by atoms with Gasteiger partial charge in [0.05, 0.1) is 0 Å². The highest BCUT2D eigenvalue weighted by molar-refractivity contribution is 7.98. The maximum atomic E-state index is 11.7. The van der Waals surface area contributed by atoms with Crippen LogP contribution in [0.1, 0.15) is 38.3 Å². The van der Waals surface area contributed by atoms with Crippen molar-refractivity contribution >= 4 is 23.4 Å². The van der Waals surface area contributed by atoms with E-state index in [1.165, 1.54) is 5.56 Å². The number of nitrogens with zero attached hydrogens (tertiary/aromatic N) is 1. The maximum absolute atomic E-state index is 11.7. The number of hydrogen-bond donors (Lipinski definition) is 1. The van der Waals surface area contributed by atoms with Gasteiger partial charge in [-0.15, -0.1) is 0 Å². The Morgan fingerprint density at radius 2 is 2.00 bits per heavy atom. The summed E-state index contributed by atoms with van der Waals surface area (Å²) in [7, 11) is 0. The van der Waals surface area contributed by atoms with Crippen molar-refractivity contribution in [3.8, 4) is 0 Å². The predicted molar refractivity (Wildman–Crippen MR) is 87.4 cm³/mol. The van der Waals surface area contributed by atoms with Crippen molar-refractivity contribution < 1.29 is 4.79 Å². The first-order valence-electron chi connectivity index (χ1n) is 7.27. The molecule has 0 radical (unpaired) electrons. The lowest BCUT2D eigenvalue weighted by molar-refractivity contribution is -0.117. The number of rotatable bonds is 6. The summed E-state index contributed by atoms with van der Waals surface area (Å²) < 4.78 is 0. The first kappa shape index (κ1) is 15.4. The van der Waals surface area contributed by atoms with Gasteiger partial charge in [-0.25, -0.2) is 0 Å². The fourth-order valence-corrected chi connectivity index (χ4v) is 3.28. The van der Waals surface area contributed by atoms with Gasteiger partial charge in [-0.1, -0.05) is 12.1 Å². The lowest BCUT2D eigenvalue weighted by Crippen LogP contribution is -2.30. The van der Waals surface area contributed by atoms with Gasteiger partial charge in [0.25, 0.3) is 0 Å². The molecular formula is C16H24N2OS. The average Bonchev–Trinajstić information content (AvgIpc) is 2.85. The molecule has 1 heterocycles. The minimum Gasteiger partial charge on any atom is -0.312 e. The van der Waals surface area contributed by atoms with Crippen LogP contribution in [0.15, 0.2) is 24.3 Å². The lowest BCUT2D eigenvalue weighted by Gasteiger charge is -2.21. The van der Waals surface area contributed by atoms with Crippen LogP contribution in [0.2, 0.25) is 0 Å². The molecule has 0 spiro atoms. The molecule has 1 aliphatic rings. The van der Waals surface area contributed by atoms with Crippen LogP contribution in [0.5, 0.6) is 0 Å². The molecule has 0 bridgehead atoms. The third-order valence-electron chi connectivity index (χ3n) is 3.73. The van der Waals surface area contributed by atoms with Crippen LogP contribution in [0.3, 0.4) is 0 Å². The molecular weight excluding hydrogens is 268 g/mol. The first-order chi connectivity index (χ1) is 9.61. The van der Waals surface area contributed by atoms with Gasteiger partial charge in [0, 0.05) is 36.5 Å². The van der Waals surface area contributed by atoms with Crippen LogP contribution in [-0.2, 0) is 4.79 Å². The molecule has 3 nitrogen and oxygen atoms in total. The third-order valence-corrected chi connectivity index (χ3v) is 4.56. The molecule has 110 valence electrons. The SMILES string of the molecule is CSC[C@H](C)N[C@@H](C)c1ccc(N2CCCC2=O)cc1. The third kappa shape index (κ3) is 3.76. The van der Waals surface area contributed by atoms with E-state index in [0.29, 0.717) is 18.5 Å². The lowest BCUT2D eigenvalue weighted by atomic mass is 10.1. The second kappa shape index (κ2) is 7.14. The van der Waals surface area contributed by atoms with Crippen molar-refractivity contribution in [2.75, 3.05) is 23.5 Å². The Bertz CT molecular complexity index is 446. The van der Waals surface area contributed by atoms with Gasteiger partial charge in [0.2, 0.25) is 5.91 Å². The number of anilines is 1. The van der Waals surface area contributed by atoms with Crippen molar-refractivity contribution in [3.63, 3.8) is 0 Å². The quantitative estimate of drug-likeness (QED) is 0.874. The average molecular weight is 292 g/mol. The van der Waals surface area contributed by atoms with Crippen LogP contribution >= 0.6 is 11.8 Å². The molecule has 1 fully saturated rings. The molecule has 0 aliphatic carbocycles. The number of thioether (sulfide) groups is 1. The Morgan fingerprint density at radius 1 is 1.30 bits per heavy atom. The fourth-order valence-electron chi connectivity index (χ4n) is 2.69. The van der Waals surface area contributed by atoms with Crippen molar-refractivity contribution in [1.82, 2.24) is 5.32 Å². The normalized spacial score (nSPS) is 18.4. The topological polar surface area (TPSA) is 32.3 Å². The van der Waals surface area contributed by atoms with E-state index >= 15 is 0 Å². The van der Waals surface area contributed by atoms with E-state index in [-0.39, 0.29) is 5.91 Å². The summed E-state index contributed by atoms with van der Waals surface area (Å²) >= 11 is 1.86. The highest BCUT2D eigenvalue weighted by Crippen LogP contribution is 2.23. The van der Waals surface area contributed by atoms with Crippen LogP contribution in [0.4, 0.5) is 5.69 Å². The Labute approximate surface area is 126 Å². The molecule has 1 aliphatic heterocycles. The van der Waals surface area contributed by atoms with Crippen LogP contribution in [-0.4, -0.2) is 30.5 Å². The maximum Gasteiger partial charge on any atom is 0.227 e. The zero-order valence-electron chi connectivity index (χ0n) is 12.6. The highest BCUT2D eigenvalue weighted by Gasteiger charge is 2.21. The Hall–Kier alpha value is -1.00. The number of nitrogens with one attached hydrogen (secondary N) is 1. The van der Waals surface area contributed by atoms with E-state index in [1.54, 1.807) is 0 Å². The largest absolute Gasteiger partial charge is 0.312 e.